The largest absolute Gasteiger partial charge is 0.481 e. The van der Waals surface area contributed by atoms with Crippen LogP contribution in [0.1, 0.15) is 26.3 Å². The standard InChI is InChI=1S/C15H12N2O3/c1-20-13-7-6-10(8-16-13)9-17-14(18)11-4-2-3-5-12(11)15(17)19/h2-8H,9H2,1H3. The van der Waals surface area contributed by atoms with Crippen LogP contribution in [0.15, 0.2) is 42.6 Å². The van der Waals surface area contributed by atoms with E-state index in [-0.39, 0.29) is 18.4 Å². The van der Waals surface area contributed by atoms with Crippen LogP contribution in [0.4, 0.5) is 0 Å². The number of nitrogens with zero attached hydrogens (tertiary/aromatic N) is 2. The summed E-state index contributed by atoms with van der Waals surface area (Å²) in [5, 5.41) is 0. The maximum atomic E-state index is 12.2. The number of amides is 2. The van der Waals surface area contributed by atoms with E-state index in [4.69, 9.17) is 4.74 Å². The van der Waals surface area contributed by atoms with Gasteiger partial charge in [0.25, 0.3) is 11.8 Å². The summed E-state index contributed by atoms with van der Waals surface area (Å²) in [6.45, 7) is 0.212. The molecule has 2 amide bonds. The first-order chi connectivity index (χ1) is 9.70. The topological polar surface area (TPSA) is 59.5 Å². The first-order valence-electron chi connectivity index (χ1n) is 6.15. The Bertz CT molecular complexity index is 645. The van der Waals surface area contributed by atoms with Crippen molar-refractivity contribution in [1.82, 2.24) is 9.88 Å². The van der Waals surface area contributed by atoms with Gasteiger partial charge in [0, 0.05) is 12.3 Å². The zero-order chi connectivity index (χ0) is 14.1. The molecule has 0 atom stereocenters. The zero-order valence-electron chi connectivity index (χ0n) is 10.9. The minimum absolute atomic E-state index is 0.212. The second kappa shape index (κ2) is 4.77. The molecule has 20 heavy (non-hydrogen) atoms. The number of methoxy groups -OCH3 is 1. The molecule has 100 valence electrons. The van der Waals surface area contributed by atoms with E-state index < -0.39 is 0 Å². The third-order valence-electron chi connectivity index (χ3n) is 3.23. The molecule has 0 unspecified atom stereocenters. The van der Waals surface area contributed by atoms with Gasteiger partial charge in [-0.15, -0.1) is 0 Å². The smallest absolute Gasteiger partial charge is 0.261 e. The first kappa shape index (κ1) is 12.3. The number of imide groups is 1. The van der Waals surface area contributed by atoms with Gasteiger partial charge in [0.2, 0.25) is 5.88 Å². The van der Waals surface area contributed by atoms with E-state index >= 15 is 0 Å². The summed E-state index contributed by atoms with van der Waals surface area (Å²) in [5.74, 6) is -0.0288. The Balaban J connectivity index is 1.85. The molecule has 0 N–H and O–H groups in total. The van der Waals surface area contributed by atoms with Gasteiger partial charge in [-0.2, -0.15) is 0 Å². The van der Waals surface area contributed by atoms with Crippen LogP contribution in [0.2, 0.25) is 0 Å². The van der Waals surface area contributed by atoms with Gasteiger partial charge in [0.1, 0.15) is 0 Å². The number of hydrogen-bond donors (Lipinski definition) is 0. The second-order valence-corrected chi connectivity index (χ2v) is 4.45. The van der Waals surface area contributed by atoms with Crippen LogP contribution in [0.3, 0.4) is 0 Å². The molecule has 0 radical (unpaired) electrons. The fourth-order valence-electron chi connectivity index (χ4n) is 2.19. The van der Waals surface area contributed by atoms with Crippen molar-refractivity contribution in [3.63, 3.8) is 0 Å². The van der Waals surface area contributed by atoms with Crippen molar-refractivity contribution in [2.75, 3.05) is 7.11 Å². The van der Waals surface area contributed by atoms with E-state index in [1.165, 1.54) is 12.0 Å². The average molecular weight is 268 g/mol. The Morgan fingerprint density at radius 3 is 2.20 bits per heavy atom. The van der Waals surface area contributed by atoms with Gasteiger partial charge in [-0.1, -0.05) is 18.2 Å². The summed E-state index contributed by atoms with van der Waals surface area (Å²) in [4.78, 5) is 29.7. The van der Waals surface area contributed by atoms with Crippen LogP contribution in [0.5, 0.6) is 5.88 Å². The summed E-state index contributed by atoms with van der Waals surface area (Å²) in [6, 6.07) is 10.3. The number of ether oxygens (including phenoxy) is 1. The SMILES string of the molecule is COc1ccc(CN2C(=O)c3ccccc3C2=O)cn1. The summed E-state index contributed by atoms with van der Waals surface area (Å²) in [7, 11) is 1.53. The zero-order valence-corrected chi connectivity index (χ0v) is 10.9. The summed E-state index contributed by atoms with van der Waals surface area (Å²) in [6.07, 6.45) is 1.60. The number of carbonyl (C=O) groups excluding carboxylic acids is 2. The summed E-state index contributed by atoms with van der Waals surface area (Å²) < 4.78 is 4.97. The molecular formula is C15H12N2O3. The molecule has 0 saturated carbocycles. The number of fused-ring (bicyclic) bond motifs is 1. The summed E-state index contributed by atoms with van der Waals surface area (Å²) in [5.41, 5.74) is 1.69. The Hall–Kier alpha value is -2.69. The highest BCUT2D eigenvalue weighted by Gasteiger charge is 2.34. The lowest BCUT2D eigenvalue weighted by atomic mass is 10.1. The lowest BCUT2D eigenvalue weighted by molar-refractivity contribution is 0.0642. The number of hydrogen-bond acceptors (Lipinski definition) is 4. The van der Waals surface area contributed by atoms with Crippen molar-refractivity contribution in [3.8, 4) is 5.88 Å². The molecule has 2 aromatic rings. The molecule has 2 heterocycles. The fourth-order valence-corrected chi connectivity index (χ4v) is 2.19. The highest BCUT2D eigenvalue weighted by molar-refractivity contribution is 6.21. The molecular weight excluding hydrogens is 256 g/mol. The van der Waals surface area contributed by atoms with Crippen molar-refractivity contribution in [3.05, 3.63) is 59.3 Å². The van der Waals surface area contributed by atoms with Crippen molar-refractivity contribution < 1.29 is 14.3 Å². The molecule has 1 aliphatic rings. The molecule has 0 saturated heterocycles. The molecule has 1 aromatic carbocycles. The number of carbonyl (C=O) groups is 2. The number of aromatic nitrogens is 1. The Morgan fingerprint density at radius 1 is 1.05 bits per heavy atom. The maximum absolute atomic E-state index is 12.2. The van der Waals surface area contributed by atoms with Crippen LogP contribution in [-0.4, -0.2) is 28.8 Å². The van der Waals surface area contributed by atoms with E-state index in [0.717, 1.165) is 5.56 Å². The highest BCUT2D eigenvalue weighted by atomic mass is 16.5. The van der Waals surface area contributed by atoms with Gasteiger partial charge < -0.3 is 4.74 Å². The van der Waals surface area contributed by atoms with Gasteiger partial charge in [0.05, 0.1) is 24.8 Å². The first-order valence-corrected chi connectivity index (χ1v) is 6.15. The van der Waals surface area contributed by atoms with E-state index in [1.54, 1.807) is 42.6 Å². The number of pyridine rings is 1. The van der Waals surface area contributed by atoms with Gasteiger partial charge in [0.15, 0.2) is 0 Å². The van der Waals surface area contributed by atoms with E-state index in [2.05, 4.69) is 4.98 Å². The lowest BCUT2D eigenvalue weighted by Crippen LogP contribution is -2.29. The van der Waals surface area contributed by atoms with E-state index in [0.29, 0.717) is 17.0 Å². The average Bonchev–Trinajstić information content (AvgIpc) is 2.74. The highest BCUT2D eigenvalue weighted by Crippen LogP contribution is 2.24. The number of rotatable bonds is 3. The van der Waals surface area contributed by atoms with Crippen LogP contribution in [0, 0.1) is 0 Å². The van der Waals surface area contributed by atoms with Crippen LogP contribution >= 0.6 is 0 Å². The van der Waals surface area contributed by atoms with Crippen molar-refractivity contribution >= 4 is 11.8 Å². The third-order valence-corrected chi connectivity index (χ3v) is 3.23. The molecule has 0 fully saturated rings. The fraction of sp³-hybridized carbons (Fsp3) is 0.133. The molecule has 1 aromatic heterocycles. The van der Waals surface area contributed by atoms with E-state index in [1.807, 2.05) is 0 Å². The maximum Gasteiger partial charge on any atom is 0.261 e. The van der Waals surface area contributed by atoms with Crippen LogP contribution in [0.25, 0.3) is 0 Å². The monoisotopic (exact) mass is 268 g/mol. The predicted molar refractivity (Wildman–Crippen MR) is 71.4 cm³/mol. The minimum Gasteiger partial charge on any atom is -0.481 e. The van der Waals surface area contributed by atoms with E-state index in [9.17, 15) is 9.59 Å². The summed E-state index contributed by atoms with van der Waals surface area (Å²) >= 11 is 0. The lowest BCUT2D eigenvalue weighted by Gasteiger charge is -2.13. The molecule has 0 aliphatic carbocycles. The van der Waals surface area contributed by atoms with Gasteiger partial charge in [-0.25, -0.2) is 4.98 Å². The molecule has 0 bridgehead atoms. The van der Waals surface area contributed by atoms with Crippen molar-refractivity contribution in [1.29, 1.82) is 0 Å². The second-order valence-electron chi connectivity index (χ2n) is 4.45. The van der Waals surface area contributed by atoms with Gasteiger partial charge in [-0.3, -0.25) is 14.5 Å². The quantitative estimate of drug-likeness (QED) is 0.797. The molecule has 5 heteroatoms. The van der Waals surface area contributed by atoms with Gasteiger partial charge in [-0.05, 0) is 17.7 Å². The third kappa shape index (κ3) is 1.93. The van der Waals surface area contributed by atoms with Crippen molar-refractivity contribution in [2.45, 2.75) is 6.54 Å². The molecule has 0 spiro atoms. The Kier molecular flexibility index (Phi) is 2.95. The normalized spacial score (nSPS) is 13.6. The molecule has 1 aliphatic heterocycles. The van der Waals surface area contributed by atoms with Crippen molar-refractivity contribution in [2.24, 2.45) is 0 Å². The number of benzene rings is 1. The minimum atomic E-state index is -0.263. The Morgan fingerprint density at radius 2 is 1.70 bits per heavy atom. The predicted octanol–water partition coefficient (Wildman–Crippen LogP) is 1.89. The molecule has 3 rings (SSSR count). The van der Waals surface area contributed by atoms with Crippen LogP contribution < -0.4 is 4.74 Å². The van der Waals surface area contributed by atoms with Crippen LogP contribution in [-0.2, 0) is 6.54 Å². The Labute approximate surface area is 115 Å². The molecule has 5 nitrogen and oxygen atoms in total. The van der Waals surface area contributed by atoms with Gasteiger partial charge >= 0.3 is 0 Å².